The Labute approximate surface area is 113 Å². The predicted molar refractivity (Wildman–Crippen MR) is 78.4 cm³/mol. The number of hydrogen-bond donors (Lipinski definition) is 0. The van der Waals surface area contributed by atoms with Gasteiger partial charge in [0.2, 0.25) is 0 Å². The number of ether oxygens (including phenoxy) is 1. The molecule has 0 saturated carbocycles. The van der Waals surface area contributed by atoms with Crippen LogP contribution in [-0.4, -0.2) is 4.57 Å². The molecule has 0 atom stereocenters. The fourth-order valence-electron chi connectivity index (χ4n) is 2.38. The molecular weight excluding hydrogens is 234 g/mol. The number of hydrogen-bond acceptors (Lipinski definition) is 1. The fraction of sp³-hybridized carbons (Fsp3) is 0.176. The average molecular weight is 251 g/mol. The Morgan fingerprint density at radius 2 is 1.84 bits per heavy atom. The van der Waals surface area contributed by atoms with Crippen molar-refractivity contribution in [2.75, 3.05) is 0 Å². The van der Waals surface area contributed by atoms with Gasteiger partial charge in [-0.2, -0.15) is 0 Å². The molecule has 2 heteroatoms. The van der Waals surface area contributed by atoms with Gasteiger partial charge in [-0.1, -0.05) is 29.8 Å². The van der Waals surface area contributed by atoms with E-state index in [1.165, 1.54) is 22.0 Å². The van der Waals surface area contributed by atoms with Crippen molar-refractivity contribution in [3.63, 3.8) is 0 Å². The Morgan fingerprint density at radius 3 is 2.63 bits per heavy atom. The van der Waals surface area contributed by atoms with Gasteiger partial charge in [-0.25, -0.2) is 0 Å². The molecular formula is C17H17NO. The topological polar surface area (TPSA) is 14.2 Å². The van der Waals surface area contributed by atoms with Gasteiger partial charge in [0.15, 0.2) is 0 Å². The average Bonchev–Trinajstić information content (AvgIpc) is 2.74. The maximum atomic E-state index is 5.84. The van der Waals surface area contributed by atoms with Crippen LogP contribution in [-0.2, 0) is 13.7 Å². The van der Waals surface area contributed by atoms with Crippen LogP contribution in [0.3, 0.4) is 0 Å². The van der Waals surface area contributed by atoms with Crippen molar-refractivity contribution < 1.29 is 4.74 Å². The first-order valence-corrected chi connectivity index (χ1v) is 6.46. The van der Waals surface area contributed by atoms with Crippen molar-refractivity contribution in [3.05, 3.63) is 65.9 Å². The number of para-hydroxylation sites is 1. The number of rotatable bonds is 3. The SMILES string of the molecule is Cc1ccc2c(c1)c(COc1ccccc1)cn2C. The number of aromatic nitrogens is 1. The van der Waals surface area contributed by atoms with Gasteiger partial charge < -0.3 is 9.30 Å². The van der Waals surface area contributed by atoms with Gasteiger partial charge in [0.1, 0.15) is 12.4 Å². The Morgan fingerprint density at radius 1 is 1.05 bits per heavy atom. The summed E-state index contributed by atoms with van der Waals surface area (Å²) in [6, 6.07) is 16.5. The van der Waals surface area contributed by atoms with Gasteiger partial charge >= 0.3 is 0 Å². The van der Waals surface area contributed by atoms with Crippen molar-refractivity contribution in [2.45, 2.75) is 13.5 Å². The van der Waals surface area contributed by atoms with Crippen molar-refractivity contribution in [3.8, 4) is 5.75 Å². The molecule has 96 valence electrons. The monoisotopic (exact) mass is 251 g/mol. The normalized spacial score (nSPS) is 10.8. The third-order valence-corrected chi connectivity index (χ3v) is 3.37. The van der Waals surface area contributed by atoms with Crippen molar-refractivity contribution in [1.29, 1.82) is 0 Å². The van der Waals surface area contributed by atoms with Crippen LogP contribution in [0.2, 0.25) is 0 Å². The van der Waals surface area contributed by atoms with E-state index in [2.05, 4.69) is 42.9 Å². The summed E-state index contributed by atoms with van der Waals surface area (Å²) in [6.07, 6.45) is 2.15. The second kappa shape index (κ2) is 4.81. The summed E-state index contributed by atoms with van der Waals surface area (Å²) in [6.45, 7) is 2.72. The van der Waals surface area contributed by atoms with Crippen molar-refractivity contribution in [1.82, 2.24) is 4.57 Å². The van der Waals surface area contributed by atoms with Crippen LogP contribution < -0.4 is 4.74 Å². The molecule has 2 nitrogen and oxygen atoms in total. The second-order valence-corrected chi connectivity index (χ2v) is 4.89. The Kier molecular flexibility index (Phi) is 3.00. The number of nitrogens with zero attached hydrogens (tertiary/aromatic N) is 1. The smallest absolute Gasteiger partial charge is 0.119 e. The van der Waals surface area contributed by atoms with Crippen molar-refractivity contribution in [2.24, 2.45) is 7.05 Å². The molecule has 3 aromatic rings. The molecule has 0 fully saturated rings. The van der Waals surface area contributed by atoms with Crippen LogP contribution in [0.25, 0.3) is 10.9 Å². The largest absolute Gasteiger partial charge is 0.489 e. The minimum absolute atomic E-state index is 0.602. The van der Waals surface area contributed by atoms with Crippen LogP contribution in [0.15, 0.2) is 54.7 Å². The third-order valence-electron chi connectivity index (χ3n) is 3.37. The summed E-state index contributed by atoms with van der Waals surface area (Å²) in [5.41, 5.74) is 3.75. The summed E-state index contributed by atoms with van der Waals surface area (Å²) in [4.78, 5) is 0. The van der Waals surface area contributed by atoms with Gasteiger partial charge in [0.25, 0.3) is 0 Å². The van der Waals surface area contributed by atoms with Gasteiger partial charge in [-0.3, -0.25) is 0 Å². The lowest BCUT2D eigenvalue weighted by Gasteiger charge is -2.05. The highest BCUT2D eigenvalue weighted by Gasteiger charge is 2.07. The molecule has 0 aliphatic carbocycles. The highest BCUT2D eigenvalue weighted by atomic mass is 16.5. The number of aryl methyl sites for hydroxylation is 2. The van der Waals surface area contributed by atoms with E-state index in [9.17, 15) is 0 Å². The van der Waals surface area contributed by atoms with E-state index in [-0.39, 0.29) is 0 Å². The first kappa shape index (κ1) is 11.8. The van der Waals surface area contributed by atoms with E-state index < -0.39 is 0 Å². The molecule has 0 radical (unpaired) electrons. The van der Waals surface area contributed by atoms with Gasteiger partial charge in [0, 0.05) is 29.7 Å². The molecule has 3 rings (SSSR count). The maximum Gasteiger partial charge on any atom is 0.119 e. The zero-order valence-corrected chi connectivity index (χ0v) is 11.3. The Hall–Kier alpha value is -2.22. The molecule has 0 aliphatic heterocycles. The second-order valence-electron chi connectivity index (χ2n) is 4.89. The first-order valence-electron chi connectivity index (χ1n) is 6.46. The van der Waals surface area contributed by atoms with Gasteiger partial charge in [0.05, 0.1) is 0 Å². The molecule has 0 amide bonds. The summed E-state index contributed by atoms with van der Waals surface area (Å²) in [5, 5.41) is 1.28. The Balaban J connectivity index is 1.91. The van der Waals surface area contributed by atoms with E-state index in [1.54, 1.807) is 0 Å². The van der Waals surface area contributed by atoms with Gasteiger partial charge in [-0.05, 0) is 31.2 Å². The quantitative estimate of drug-likeness (QED) is 0.684. The molecule has 0 bridgehead atoms. The molecule has 0 N–H and O–H groups in total. The Bertz CT molecular complexity index is 698. The lowest BCUT2D eigenvalue weighted by molar-refractivity contribution is 0.307. The minimum Gasteiger partial charge on any atom is -0.489 e. The summed E-state index contributed by atoms with van der Waals surface area (Å²) in [5.74, 6) is 0.909. The third kappa shape index (κ3) is 2.34. The molecule has 1 heterocycles. The number of benzene rings is 2. The van der Waals surface area contributed by atoms with Crippen LogP contribution in [0.5, 0.6) is 5.75 Å². The zero-order chi connectivity index (χ0) is 13.2. The molecule has 1 aromatic heterocycles. The van der Waals surface area contributed by atoms with E-state index in [1.807, 2.05) is 30.3 Å². The van der Waals surface area contributed by atoms with E-state index in [4.69, 9.17) is 4.74 Å². The van der Waals surface area contributed by atoms with Crippen LogP contribution in [0, 0.1) is 6.92 Å². The summed E-state index contributed by atoms with van der Waals surface area (Å²) >= 11 is 0. The molecule has 0 saturated heterocycles. The van der Waals surface area contributed by atoms with Crippen molar-refractivity contribution >= 4 is 10.9 Å². The maximum absolute atomic E-state index is 5.84. The van der Waals surface area contributed by atoms with Crippen LogP contribution in [0.4, 0.5) is 0 Å². The molecule has 0 spiro atoms. The van der Waals surface area contributed by atoms with Crippen LogP contribution >= 0.6 is 0 Å². The first-order chi connectivity index (χ1) is 9.24. The standard InChI is InChI=1S/C17H17NO/c1-13-8-9-17-16(10-13)14(11-18(17)2)12-19-15-6-4-3-5-7-15/h3-11H,12H2,1-2H3. The van der Waals surface area contributed by atoms with Gasteiger partial charge in [-0.15, -0.1) is 0 Å². The molecule has 0 aliphatic rings. The minimum atomic E-state index is 0.602. The predicted octanol–water partition coefficient (Wildman–Crippen LogP) is 4.07. The fourth-order valence-corrected chi connectivity index (χ4v) is 2.38. The van der Waals surface area contributed by atoms with E-state index in [0.29, 0.717) is 6.61 Å². The lowest BCUT2D eigenvalue weighted by Crippen LogP contribution is -1.94. The molecule has 19 heavy (non-hydrogen) atoms. The highest BCUT2D eigenvalue weighted by molar-refractivity contribution is 5.84. The molecule has 2 aromatic carbocycles. The molecule has 0 unspecified atom stereocenters. The number of fused-ring (bicyclic) bond motifs is 1. The summed E-state index contributed by atoms with van der Waals surface area (Å²) in [7, 11) is 2.07. The van der Waals surface area contributed by atoms with Crippen LogP contribution in [0.1, 0.15) is 11.1 Å². The zero-order valence-electron chi connectivity index (χ0n) is 11.3. The van der Waals surface area contributed by atoms with E-state index >= 15 is 0 Å². The van der Waals surface area contributed by atoms with E-state index in [0.717, 1.165) is 5.75 Å². The highest BCUT2D eigenvalue weighted by Crippen LogP contribution is 2.23. The lowest BCUT2D eigenvalue weighted by atomic mass is 10.1. The summed E-state index contributed by atoms with van der Waals surface area (Å²) < 4.78 is 7.99.